The number of rotatable bonds is 9. The number of nitrogens with zero attached hydrogens (tertiary/aromatic N) is 3. The van der Waals surface area contributed by atoms with Crippen LogP contribution in [0.2, 0.25) is 0 Å². The zero-order valence-electron chi connectivity index (χ0n) is 18.5. The molecule has 2 atom stereocenters. The molecule has 0 unspecified atom stereocenters. The van der Waals surface area contributed by atoms with Gasteiger partial charge in [0.05, 0.1) is 23.9 Å². The summed E-state index contributed by atoms with van der Waals surface area (Å²) in [7, 11) is 0. The van der Waals surface area contributed by atoms with E-state index in [1.165, 1.54) is 19.1 Å². The number of aliphatic hydroxyl groups excluding tert-OH is 1. The maximum Gasteiger partial charge on any atom is 0.217 e. The number of halogens is 2. The minimum Gasteiger partial charge on any atom is -0.390 e. The number of nitrogens with one attached hydrogen (secondary N) is 2. The molecule has 1 heterocycles. The lowest BCUT2D eigenvalue weighted by atomic mass is 9.97. The minimum absolute atomic E-state index is 0.0767. The van der Waals surface area contributed by atoms with Crippen LogP contribution in [0.25, 0.3) is 0 Å². The van der Waals surface area contributed by atoms with Crippen molar-refractivity contribution in [2.75, 3.05) is 6.54 Å². The van der Waals surface area contributed by atoms with Gasteiger partial charge in [-0.1, -0.05) is 26.0 Å². The molecule has 1 aliphatic carbocycles. The Labute approximate surface area is 181 Å². The Hall–Kier alpha value is -2.39. The highest BCUT2D eigenvalue weighted by Gasteiger charge is 2.47. The average Bonchev–Trinajstić information content (AvgIpc) is 3.28. The van der Waals surface area contributed by atoms with E-state index >= 15 is 0 Å². The Balaban J connectivity index is 1.65. The Morgan fingerprint density at radius 3 is 2.45 bits per heavy atom. The Morgan fingerprint density at radius 2 is 1.90 bits per heavy atom. The van der Waals surface area contributed by atoms with Crippen molar-refractivity contribution < 1.29 is 18.7 Å². The van der Waals surface area contributed by atoms with Crippen molar-refractivity contribution in [3.63, 3.8) is 0 Å². The molecule has 9 heteroatoms. The first kappa shape index (κ1) is 23.3. The summed E-state index contributed by atoms with van der Waals surface area (Å²) in [6.07, 6.45) is 2.81. The smallest absolute Gasteiger partial charge is 0.217 e. The summed E-state index contributed by atoms with van der Waals surface area (Å²) in [6, 6.07) is 2.50. The van der Waals surface area contributed by atoms with Crippen molar-refractivity contribution >= 4 is 5.91 Å². The van der Waals surface area contributed by atoms with Crippen molar-refractivity contribution in [2.24, 2.45) is 5.41 Å². The first-order chi connectivity index (χ1) is 14.5. The van der Waals surface area contributed by atoms with Gasteiger partial charge in [0.1, 0.15) is 17.3 Å². The van der Waals surface area contributed by atoms with Crippen LogP contribution in [0.1, 0.15) is 51.8 Å². The van der Waals surface area contributed by atoms with Crippen LogP contribution in [0.3, 0.4) is 0 Å². The van der Waals surface area contributed by atoms with Crippen molar-refractivity contribution in [2.45, 2.75) is 71.2 Å². The van der Waals surface area contributed by atoms with Crippen LogP contribution < -0.4 is 10.6 Å². The molecule has 2 aromatic rings. The number of amides is 1. The molecule has 1 amide bonds. The van der Waals surface area contributed by atoms with Crippen LogP contribution in [-0.4, -0.2) is 44.7 Å². The third-order valence-electron chi connectivity index (χ3n) is 5.30. The van der Waals surface area contributed by atoms with Crippen LogP contribution in [0, 0.1) is 17.0 Å². The molecule has 0 bridgehead atoms. The van der Waals surface area contributed by atoms with Crippen LogP contribution in [0.15, 0.2) is 24.4 Å². The van der Waals surface area contributed by atoms with E-state index in [1.54, 1.807) is 0 Å². The SMILES string of the molecule is CC(=O)N[C@@H](Cc1cc(F)cc(F)c1)[C@H](O)CNC1(c2cn(CC(C)(C)C)nn2)CC1. The summed E-state index contributed by atoms with van der Waals surface area (Å²) >= 11 is 0. The van der Waals surface area contributed by atoms with E-state index in [-0.39, 0.29) is 29.8 Å². The summed E-state index contributed by atoms with van der Waals surface area (Å²) in [4.78, 5) is 11.6. The summed E-state index contributed by atoms with van der Waals surface area (Å²) in [5, 5.41) is 25.3. The van der Waals surface area contributed by atoms with Gasteiger partial charge >= 0.3 is 0 Å². The number of aromatic nitrogens is 3. The Morgan fingerprint density at radius 1 is 1.26 bits per heavy atom. The van der Waals surface area contributed by atoms with E-state index in [2.05, 4.69) is 41.7 Å². The van der Waals surface area contributed by atoms with E-state index < -0.39 is 23.8 Å². The quantitative estimate of drug-likeness (QED) is 0.562. The number of aliphatic hydroxyl groups is 1. The molecule has 0 aliphatic heterocycles. The van der Waals surface area contributed by atoms with E-state index in [1.807, 2.05) is 10.9 Å². The van der Waals surface area contributed by atoms with Crippen LogP contribution in [-0.2, 0) is 23.3 Å². The first-order valence-electron chi connectivity index (χ1n) is 10.5. The molecule has 1 aromatic carbocycles. The van der Waals surface area contributed by atoms with Crippen molar-refractivity contribution in [1.29, 1.82) is 0 Å². The van der Waals surface area contributed by atoms with Gasteiger partial charge in [-0.2, -0.15) is 0 Å². The molecular formula is C22H31F2N5O2. The molecule has 1 fully saturated rings. The third-order valence-corrected chi connectivity index (χ3v) is 5.30. The average molecular weight is 436 g/mol. The molecule has 0 saturated heterocycles. The van der Waals surface area contributed by atoms with Crippen LogP contribution in [0.4, 0.5) is 8.78 Å². The number of hydrogen-bond donors (Lipinski definition) is 3. The van der Waals surface area contributed by atoms with Gasteiger partial charge < -0.3 is 15.7 Å². The summed E-state index contributed by atoms with van der Waals surface area (Å²) < 4.78 is 28.9. The maximum atomic E-state index is 13.5. The van der Waals surface area contributed by atoms with E-state index in [9.17, 15) is 18.7 Å². The fourth-order valence-electron chi connectivity index (χ4n) is 3.70. The summed E-state index contributed by atoms with van der Waals surface area (Å²) in [5.74, 6) is -1.72. The lowest BCUT2D eigenvalue weighted by Gasteiger charge is -2.26. The second-order valence-electron chi connectivity index (χ2n) is 9.68. The van der Waals surface area contributed by atoms with Gasteiger partial charge in [0.25, 0.3) is 0 Å². The van der Waals surface area contributed by atoms with Gasteiger partial charge in [-0.15, -0.1) is 5.10 Å². The number of benzene rings is 1. The zero-order valence-corrected chi connectivity index (χ0v) is 18.5. The predicted molar refractivity (Wildman–Crippen MR) is 112 cm³/mol. The lowest BCUT2D eigenvalue weighted by Crippen LogP contribution is -2.49. The van der Waals surface area contributed by atoms with Gasteiger partial charge in [-0.3, -0.25) is 9.48 Å². The van der Waals surface area contributed by atoms with Gasteiger partial charge in [0.2, 0.25) is 5.91 Å². The van der Waals surface area contributed by atoms with Gasteiger partial charge in [-0.25, -0.2) is 8.78 Å². The molecule has 170 valence electrons. The fraction of sp³-hybridized carbons (Fsp3) is 0.591. The van der Waals surface area contributed by atoms with Crippen molar-refractivity contribution in [1.82, 2.24) is 25.6 Å². The topological polar surface area (TPSA) is 92.1 Å². The van der Waals surface area contributed by atoms with Crippen molar-refractivity contribution in [3.8, 4) is 0 Å². The molecule has 31 heavy (non-hydrogen) atoms. The normalized spacial score (nSPS) is 17.3. The second kappa shape index (κ2) is 9.00. The molecule has 1 aliphatic rings. The highest BCUT2D eigenvalue weighted by atomic mass is 19.1. The first-order valence-corrected chi connectivity index (χ1v) is 10.5. The number of carbonyl (C=O) groups excluding carboxylic acids is 1. The predicted octanol–water partition coefficient (Wildman–Crippen LogP) is 2.29. The molecule has 7 nitrogen and oxygen atoms in total. The minimum atomic E-state index is -0.961. The zero-order chi connectivity index (χ0) is 22.8. The number of carbonyl (C=O) groups is 1. The molecule has 3 N–H and O–H groups in total. The lowest BCUT2D eigenvalue weighted by molar-refractivity contribution is -0.120. The highest BCUT2D eigenvalue weighted by molar-refractivity contribution is 5.73. The molecule has 1 saturated carbocycles. The van der Waals surface area contributed by atoms with Gasteiger partial charge in [0, 0.05) is 26.1 Å². The van der Waals surface area contributed by atoms with E-state index in [4.69, 9.17) is 0 Å². The highest BCUT2D eigenvalue weighted by Crippen LogP contribution is 2.44. The Bertz CT molecular complexity index is 901. The summed E-state index contributed by atoms with van der Waals surface area (Å²) in [5.41, 5.74) is 0.921. The number of hydrogen-bond acceptors (Lipinski definition) is 5. The third kappa shape index (κ3) is 6.54. The molecule has 1 aromatic heterocycles. The maximum absolute atomic E-state index is 13.5. The van der Waals surface area contributed by atoms with E-state index in [0.717, 1.165) is 31.1 Å². The molecule has 3 rings (SSSR count). The van der Waals surface area contributed by atoms with Gasteiger partial charge in [0.15, 0.2) is 0 Å². The molecule has 0 spiro atoms. The van der Waals surface area contributed by atoms with Crippen molar-refractivity contribution in [3.05, 3.63) is 47.3 Å². The van der Waals surface area contributed by atoms with E-state index in [0.29, 0.717) is 5.56 Å². The summed E-state index contributed by atoms with van der Waals surface area (Å²) in [6.45, 7) is 8.66. The van der Waals surface area contributed by atoms with Gasteiger partial charge in [-0.05, 0) is 42.4 Å². The standard InChI is InChI=1S/C22H31F2N5O2/c1-14(30)26-18(9-15-7-16(23)10-17(24)8-15)19(31)11-25-22(5-6-22)20-12-29(28-27-20)13-21(2,3)4/h7-8,10,12,18-19,25,31H,5-6,9,11,13H2,1-4H3,(H,26,30)/t18-,19+/m0/s1. The second-order valence-corrected chi connectivity index (χ2v) is 9.68. The fourth-order valence-corrected chi connectivity index (χ4v) is 3.70. The van der Waals surface area contributed by atoms with Crippen LogP contribution in [0.5, 0.6) is 0 Å². The monoisotopic (exact) mass is 435 g/mol. The molecule has 0 radical (unpaired) electrons. The van der Waals surface area contributed by atoms with Crippen LogP contribution >= 0.6 is 0 Å². The molecular weight excluding hydrogens is 404 g/mol. The largest absolute Gasteiger partial charge is 0.390 e. The Kier molecular flexibility index (Phi) is 6.76.